The van der Waals surface area contributed by atoms with Gasteiger partial charge in [0.1, 0.15) is 12.1 Å². The summed E-state index contributed by atoms with van der Waals surface area (Å²) in [5.41, 5.74) is 0. The lowest BCUT2D eigenvalue weighted by atomic mass is 9.90. The van der Waals surface area contributed by atoms with Crippen molar-refractivity contribution in [2.45, 2.75) is 58.9 Å². The second-order valence-corrected chi connectivity index (χ2v) is 5.27. The number of fused-ring (bicyclic) bond motifs is 1. The first-order valence-corrected chi connectivity index (χ1v) is 7.71. The Bertz CT molecular complexity index is 522. The molecule has 5 nitrogen and oxygen atoms in total. The Morgan fingerprint density at radius 1 is 1.20 bits per heavy atom. The Labute approximate surface area is 120 Å². The fourth-order valence-electron chi connectivity index (χ4n) is 2.75. The molecule has 2 aromatic rings. The van der Waals surface area contributed by atoms with E-state index in [1.54, 1.807) is 17.0 Å². The highest BCUT2D eigenvalue weighted by Crippen LogP contribution is 2.22. The first kappa shape index (κ1) is 14.8. The summed E-state index contributed by atoms with van der Waals surface area (Å²) in [4.78, 5) is 8.33. The van der Waals surface area contributed by atoms with E-state index in [2.05, 4.69) is 41.2 Å². The van der Waals surface area contributed by atoms with Crippen LogP contribution in [0.1, 0.15) is 52.9 Å². The molecule has 5 heteroatoms. The molecule has 0 aliphatic carbocycles. The maximum absolute atomic E-state index is 4.23. The molecular weight excluding hydrogens is 250 g/mol. The van der Waals surface area contributed by atoms with Crippen LogP contribution in [0.5, 0.6) is 0 Å². The van der Waals surface area contributed by atoms with Gasteiger partial charge < -0.3 is 5.32 Å². The molecule has 0 fully saturated rings. The topological polar surface area (TPSA) is 55.1 Å². The maximum Gasteiger partial charge on any atom is 0.254 e. The van der Waals surface area contributed by atoms with Crippen LogP contribution in [-0.4, -0.2) is 25.6 Å². The molecule has 2 rings (SSSR count). The van der Waals surface area contributed by atoms with Gasteiger partial charge in [-0.3, -0.25) is 0 Å². The van der Waals surface area contributed by atoms with E-state index in [1.165, 1.54) is 25.7 Å². The van der Waals surface area contributed by atoms with Crippen molar-refractivity contribution in [3.8, 4) is 0 Å². The number of nitrogens with one attached hydrogen (secondary N) is 1. The summed E-state index contributed by atoms with van der Waals surface area (Å²) in [6, 6.07) is 2.44. The van der Waals surface area contributed by atoms with Crippen LogP contribution in [-0.2, 0) is 0 Å². The van der Waals surface area contributed by atoms with Gasteiger partial charge in [0.25, 0.3) is 5.78 Å². The summed E-state index contributed by atoms with van der Waals surface area (Å²) < 4.78 is 1.77. The van der Waals surface area contributed by atoms with Gasteiger partial charge in [-0.05, 0) is 24.8 Å². The number of hydrogen-bond acceptors (Lipinski definition) is 4. The molecule has 0 aliphatic heterocycles. The van der Waals surface area contributed by atoms with Crippen LogP contribution in [0.3, 0.4) is 0 Å². The van der Waals surface area contributed by atoms with Crippen molar-refractivity contribution in [2.24, 2.45) is 5.92 Å². The number of aromatic nitrogens is 4. The lowest BCUT2D eigenvalue weighted by Gasteiger charge is -2.27. The summed E-state index contributed by atoms with van der Waals surface area (Å²) in [6.45, 7) is 6.77. The molecule has 0 saturated heterocycles. The Morgan fingerprint density at radius 2 is 2.05 bits per heavy atom. The van der Waals surface area contributed by atoms with Crippen LogP contribution in [0.15, 0.2) is 18.6 Å². The van der Waals surface area contributed by atoms with Crippen molar-refractivity contribution in [3.05, 3.63) is 18.6 Å². The molecule has 2 unspecified atom stereocenters. The normalized spacial score (nSPS) is 14.3. The van der Waals surface area contributed by atoms with Crippen molar-refractivity contribution in [1.82, 2.24) is 19.6 Å². The van der Waals surface area contributed by atoms with Crippen molar-refractivity contribution < 1.29 is 0 Å². The molecule has 0 spiro atoms. The Kier molecular flexibility index (Phi) is 5.32. The first-order chi connectivity index (χ1) is 9.80. The number of nitrogens with zero attached hydrogens (tertiary/aromatic N) is 4. The highest BCUT2D eigenvalue weighted by molar-refractivity contribution is 5.42. The van der Waals surface area contributed by atoms with E-state index in [1.807, 2.05) is 6.07 Å². The Balaban J connectivity index is 2.14. The molecule has 0 saturated carbocycles. The third-order valence-corrected chi connectivity index (χ3v) is 3.98. The number of anilines is 1. The van der Waals surface area contributed by atoms with Gasteiger partial charge in [-0.2, -0.15) is 14.6 Å². The van der Waals surface area contributed by atoms with Gasteiger partial charge >= 0.3 is 0 Å². The zero-order valence-corrected chi connectivity index (χ0v) is 12.7. The molecule has 0 bridgehead atoms. The molecule has 2 aromatic heterocycles. The van der Waals surface area contributed by atoms with Crippen molar-refractivity contribution in [3.63, 3.8) is 0 Å². The highest BCUT2D eigenvalue weighted by Gasteiger charge is 2.19. The van der Waals surface area contributed by atoms with E-state index in [0.717, 1.165) is 12.2 Å². The van der Waals surface area contributed by atoms with Crippen LogP contribution in [0.25, 0.3) is 5.78 Å². The average Bonchev–Trinajstić information content (AvgIpc) is 2.96. The van der Waals surface area contributed by atoms with Crippen molar-refractivity contribution in [1.29, 1.82) is 0 Å². The molecule has 0 radical (unpaired) electrons. The maximum atomic E-state index is 4.23. The summed E-state index contributed by atoms with van der Waals surface area (Å²) in [5, 5.41) is 7.87. The van der Waals surface area contributed by atoms with E-state index in [4.69, 9.17) is 0 Å². The van der Waals surface area contributed by atoms with Gasteiger partial charge in [0.2, 0.25) is 0 Å². The van der Waals surface area contributed by atoms with Gasteiger partial charge in [0, 0.05) is 12.2 Å². The summed E-state index contributed by atoms with van der Waals surface area (Å²) in [5.74, 6) is 2.33. The highest BCUT2D eigenvalue weighted by atomic mass is 15.4. The third-order valence-electron chi connectivity index (χ3n) is 3.98. The molecule has 1 N–H and O–H groups in total. The minimum Gasteiger partial charge on any atom is -0.367 e. The van der Waals surface area contributed by atoms with Gasteiger partial charge in [-0.15, -0.1) is 0 Å². The summed E-state index contributed by atoms with van der Waals surface area (Å²) in [7, 11) is 0. The molecule has 2 heterocycles. The van der Waals surface area contributed by atoms with Crippen molar-refractivity contribution in [2.75, 3.05) is 5.32 Å². The Hall–Kier alpha value is -1.65. The lowest BCUT2D eigenvalue weighted by Crippen LogP contribution is -2.29. The van der Waals surface area contributed by atoms with E-state index < -0.39 is 0 Å². The fourth-order valence-corrected chi connectivity index (χ4v) is 2.75. The van der Waals surface area contributed by atoms with Crippen molar-refractivity contribution >= 4 is 11.6 Å². The van der Waals surface area contributed by atoms with Crippen LogP contribution in [0, 0.1) is 5.92 Å². The van der Waals surface area contributed by atoms with E-state index in [0.29, 0.717) is 17.7 Å². The van der Waals surface area contributed by atoms with Crippen LogP contribution < -0.4 is 5.32 Å². The second-order valence-electron chi connectivity index (χ2n) is 5.27. The molecule has 110 valence electrons. The third kappa shape index (κ3) is 3.26. The fraction of sp³-hybridized carbons (Fsp3) is 0.667. The van der Waals surface area contributed by atoms with E-state index in [-0.39, 0.29) is 0 Å². The minimum atomic E-state index is 0.473. The standard InChI is InChI=1S/C15H25N5/c1-4-7-8-12(5-2)13(6-3)19-14-9-10-16-15-17-11-18-20(14)15/h9-13,19H,4-8H2,1-3H3. The zero-order chi connectivity index (χ0) is 14.4. The van der Waals surface area contributed by atoms with Gasteiger partial charge in [-0.25, -0.2) is 4.98 Å². The second kappa shape index (κ2) is 7.22. The number of unbranched alkanes of at least 4 members (excludes halogenated alkanes) is 1. The van der Waals surface area contributed by atoms with E-state index in [9.17, 15) is 0 Å². The summed E-state index contributed by atoms with van der Waals surface area (Å²) >= 11 is 0. The number of rotatable bonds is 8. The molecule has 0 aromatic carbocycles. The molecular formula is C15H25N5. The van der Waals surface area contributed by atoms with Crippen LogP contribution in [0.2, 0.25) is 0 Å². The van der Waals surface area contributed by atoms with Crippen LogP contribution in [0.4, 0.5) is 5.82 Å². The molecule has 20 heavy (non-hydrogen) atoms. The quantitative estimate of drug-likeness (QED) is 0.800. The van der Waals surface area contributed by atoms with Gasteiger partial charge in [0.05, 0.1) is 0 Å². The average molecular weight is 275 g/mol. The van der Waals surface area contributed by atoms with Gasteiger partial charge in [-0.1, -0.05) is 40.0 Å². The van der Waals surface area contributed by atoms with Gasteiger partial charge in [0.15, 0.2) is 0 Å². The molecule has 0 amide bonds. The lowest BCUT2D eigenvalue weighted by molar-refractivity contribution is 0.381. The first-order valence-electron chi connectivity index (χ1n) is 7.71. The van der Waals surface area contributed by atoms with E-state index >= 15 is 0 Å². The molecule has 0 aliphatic rings. The number of hydrogen-bond donors (Lipinski definition) is 1. The Morgan fingerprint density at radius 3 is 2.75 bits per heavy atom. The molecule has 2 atom stereocenters. The largest absolute Gasteiger partial charge is 0.367 e. The SMILES string of the molecule is CCCCC(CC)C(CC)Nc1ccnc2ncnn12. The zero-order valence-electron chi connectivity index (χ0n) is 12.7. The predicted molar refractivity (Wildman–Crippen MR) is 81.8 cm³/mol. The minimum absolute atomic E-state index is 0.473. The predicted octanol–water partition coefficient (Wildman–Crippen LogP) is 3.53. The monoisotopic (exact) mass is 275 g/mol. The summed E-state index contributed by atoms with van der Waals surface area (Å²) in [6.07, 6.45) is 9.48. The van der Waals surface area contributed by atoms with Crippen LogP contribution >= 0.6 is 0 Å². The smallest absolute Gasteiger partial charge is 0.254 e.